The van der Waals surface area contributed by atoms with E-state index in [1.807, 2.05) is 6.08 Å². The summed E-state index contributed by atoms with van der Waals surface area (Å²) in [6.07, 6.45) is 8.58. The number of carboxylic acids is 1. The van der Waals surface area contributed by atoms with Gasteiger partial charge in [0.1, 0.15) is 0 Å². The van der Waals surface area contributed by atoms with E-state index >= 15 is 0 Å². The first kappa shape index (κ1) is 16.9. The molecule has 104 valence electrons. The lowest BCUT2D eigenvalue weighted by Gasteiger charge is -2.19. The van der Waals surface area contributed by atoms with Crippen LogP contribution in [-0.2, 0) is 4.79 Å². The number of rotatable bonds is 11. The van der Waals surface area contributed by atoms with E-state index in [9.17, 15) is 4.79 Å². The predicted octanol–water partition coefficient (Wildman–Crippen LogP) is 4.82. The van der Waals surface area contributed by atoms with Gasteiger partial charge < -0.3 is 5.11 Å². The summed E-state index contributed by atoms with van der Waals surface area (Å²) in [5.41, 5.74) is 1.26. The zero-order valence-corrected chi connectivity index (χ0v) is 12.0. The second-order valence-electron chi connectivity index (χ2n) is 5.38. The summed E-state index contributed by atoms with van der Waals surface area (Å²) in [5.74, 6) is 0.507. The summed E-state index contributed by atoms with van der Waals surface area (Å²) in [4.78, 5) is 10.4. The zero-order chi connectivity index (χ0) is 14.0. The van der Waals surface area contributed by atoms with Gasteiger partial charge in [-0.2, -0.15) is 0 Å². The van der Waals surface area contributed by atoms with Gasteiger partial charge in [0.2, 0.25) is 0 Å². The highest BCUT2D eigenvalue weighted by molar-refractivity contribution is 5.66. The van der Waals surface area contributed by atoms with Crippen LogP contribution in [0, 0.1) is 11.8 Å². The molecule has 2 atom stereocenters. The maximum atomic E-state index is 10.4. The lowest BCUT2D eigenvalue weighted by molar-refractivity contribution is -0.137. The highest BCUT2D eigenvalue weighted by Crippen LogP contribution is 2.25. The van der Waals surface area contributed by atoms with E-state index in [-0.39, 0.29) is 0 Å². The fourth-order valence-corrected chi connectivity index (χ4v) is 2.19. The Bertz CT molecular complexity index is 268. The molecule has 0 amide bonds. The van der Waals surface area contributed by atoms with Gasteiger partial charge in [0.05, 0.1) is 0 Å². The summed E-state index contributed by atoms with van der Waals surface area (Å²) < 4.78 is 0. The molecule has 0 aliphatic heterocycles. The highest BCUT2D eigenvalue weighted by atomic mass is 16.4. The lowest BCUT2D eigenvalue weighted by Crippen LogP contribution is -2.05. The van der Waals surface area contributed by atoms with Crippen molar-refractivity contribution < 1.29 is 9.90 Å². The smallest absolute Gasteiger partial charge is 0.303 e. The normalized spacial score (nSPS) is 13.9. The van der Waals surface area contributed by atoms with E-state index in [0.717, 1.165) is 38.5 Å². The SMILES string of the molecule is C=CCCC(CCC(C)CCCC(=O)O)C(=C)C. The van der Waals surface area contributed by atoms with E-state index in [1.54, 1.807) is 0 Å². The molecule has 1 N–H and O–H groups in total. The maximum absolute atomic E-state index is 10.4. The van der Waals surface area contributed by atoms with Gasteiger partial charge in [0.15, 0.2) is 0 Å². The van der Waals surface area contributed by atoms with E-state index in [4.69, 9.17) is 5.11 Å². The van der Waals surface area contributed by atoms with Crippen LogP contribution >= 0.6 is 0 Å². The Labute approximate surface area is 112 Å². The first-order valence-corrected chi connectivity index (χ1v) is 6.95. The van der Waals surface area contributed by atoms with Crippen LogP contribution in [0.25, 0.3) is 0 Å². The van der Waals surface area contributed by atoms with Crippen LogP contribution in [0.1, 0.15) is 58.8 Å². The fraction of sp³-hybridized carbons (Fsp3) is 0.688. The summed E-state index contributed by atoms with van der Waals surface area (Å²) >= 11 is 0. The van der Waals surface area contributed by atoms with Crippen molar-refractivity contribution in [2.45, 2.75) is 58.8 Å². The van der Waals surface area contributed by atoms with Crippen LogP contribution in [0.5, 0.6) is 0 Å². The van der Waals surface area contributed by atoms with E-state index in [1.165, 1.54) is 5.57 Å². The molecule has 0 saturated heterocycles. The summed E-state index contributed by atoms with van der Waals surface area (Å²) in [6, 6.07) is 0. The first-order valence-electron chi connectivity index (χ1n) is 6.95. The zero-order valence-electron chi connectivity index (χ0n) is 12.0. The Kier molecular flexibility index (Phi) is 9.35. The summed E-state index contributed by atoms with van der Waals surface area (Å²) in [5, 5.41) is 8.59. The van der Waals surface area contributed by atoms with Crippen molar-refractivity contribution in [1.82, 2.24) is 0 Å². The molecule has 2 heteroatoms. The molecule has 0 fully saturated rings. The van der Waals surface area contributed by atoms with Gasteiger partial charge in [-0.15, -0.1) is 6.58 Å². The van der Waals surface area contributed by atoms with Gasteiger partial charge in [-0.3, -0.25) is 4.79 Å². The third kappa shape index (κ3) is 9.03. The van der Waals surface area contributed by atoms with Crippen LogP contribution in [0.4, 0.5) is 0 Å². The van der Waals surface area contributed by atoms with E-state index in [2.05, 4.69) is 27.0 Å². The molecule has 0 aromatic rings. The van der Waals surface area contributed by atoms with Crippen molar-refractivity contribution in [2.75, 3.05) is 0 Å². The Morgan fingerprint density at radius 2 is 1.94 bits per heavy atom. The van der Waals surface area contributed by atoms with Crippen LogP contribution in [0.2, 0.25) is 0 Å². The van der Waals surface area contributed by atoms with Crippen LogP contribution in [0.3, 0.4) is 0 Å². The minimum atomic E-state index is -0.687. The van der Waals surface area contributed by atoms with Crippen molar-refractivity contribution in [1.29, 1.82) is 0 Å². The predicted molar refractivity (Wildman–Crippen MR) is 77.6 cm³/mol. The molecule has 0 spiro atoms. The topological polar surface area (TPSA) is 37.3 Å². The average molecular weight is 252 g/mol. The van der Waals surface area contributed by atoms with E-state index in [0.29, 0.717) is 18.3 Å². The second kappa shape index (κ2) is 9.93. The van der Waals surface area contributed by atoms with Crippen molar-refractivity contribution in [3.05, 3.63) is 24.8 Å². The van der Waals surface area contributed by atoms with Gasteiger partial charge in [-0.25, -0.2) is 0 Å². The molecule has 0 bridgehead atoms. The molecule has 0 saturated carbocycles. The van der Waals surface area contributed by atoms with Crippen molar-refractivity contribution in [2.24, 2.45) is 11.8 Å². The fourth-order valence-electron chi connectivity index (χ4n) is 2.19. The molecule has 0 heterocycles. The molecule has 0 aliphatic rings. The number of hydrogen-bond donors (Lipinski definition) is 1. The van der Waals surface area contributed by atoms with Gasteiger partial charge >= 0.3 is 5.97 Å². The van der Waals surface area contributed by atoms with E-state index < -0.39 is 5.97 Å². The average Bonchev–Trinajstić information content (AvgIpc) is 2.28. The number of carbonyl (C=O) groups is 1. The maximum Gasteiger partial charge on any atom is 0.303 e. The number of aliphatic carboxylic acids is 1. The molecule has 2 unspecified atom stereocenters. The van der Waals surface area contributed by atoms with Crippen LogP contribution in [0.15, 0.2) is 24.8 Å². The highest BCUT2D eigenvalue weighted by Gasteiger charge is 2.11. The summed E-state index contributed by atoms with van der Waals surface area (Å²) in [6.45, 7) is 12.1. The second-order valence-corrected chi connectivity index (χ2v) is 5.38. The quantitative estimate of drug-likeness (QED) is 0.535. The van der Waals surface area contributed by atoms with Gasteiger partial charge in [-0.1, -0.05) is 38.0 Å². The largest absolute Gasteiger partial charge is 0.481 e. The van der Waals surface area contributed by atoms with Gasteiger partial charge in [0, 0.05) is 6.42 Å². The standard InChI is InChI=1S/C16H28O2/c1-5-6-9-15(13(2)3)12-11-14(4)8-7-10-16(17)18/h5,14-15H,1-2,6-12H2,3-4H3,(H,17,18). The Morgan fingerprint density at radius 3 is 2.44 bits per heavy atom. The molecule has 0 radical (unpaired) electrons. The Morgan fingerprint density at radius 1 is 1.28 bits per heavy atom. The molecule has 2 nitrogen and oxygen atoms in total. The monoisotopic (exact) mass is 252 g/mol. The number of hydrogen-bond acceptors (Lipinski definition) is 1. The molecule has 0 rings (SSSR count). The molecule has 0 aliphatic carbocycles. The third-order valence-electron chi connectivity index (χ3n) is 3.51. The lowest BCUT2D eigenvalue weighted by atomic mass is 9.87. The minimum Gasteiger partial charge on any atom is -0.481 e. The number of carboxylic acid groups (broad SMARTS) is 1. The molecule has 0 aromatic carbocycles. The Balaban J connectivity index is 3.84. The Hall–Kier alpha value is -1.05. The van der Waals surface area contributed by atoms with Gasteiger partial charge in [0.25, 0.3) is 0 Å². The molecule has 18 heavy (non-hydrogen) atoms. The molecular weight excluding hydrogens is 224 g/mol. The number of allylic oxidation sites excluding steroid dienone is 2. The molecular formula is C16H28O2. The van der Waals surface area contributed by atoms with Crippen LogP contribution < -0.4 is 0 Å². The third-order valence-corrected chi connectivity index (χ3v) is 3.51. The first-order chi connectivity index (χ1) is 8.47. The van der Waals surface area contributed by atoms with Crippen molar-refractivity contribution >= 4 is 5.97 Å². The molecule has 0 aromatic heterocycles. The van der Waals surface area contributed by atoms with Crippen molar-refractivity contribution in [3.8, 4) is 0 Å². The van der Waals surface area contributed by atoms with Crippen LogP contribution in [-0.4, -0.2) is 11.1 Å². The van der Waals surface area contributed by atoms with Gasteiger partial charge in [-0.05, 0) is 44.4 Å². The van der Waals surface area contributed by atoms with Crippen molar-refractivity contribution in [3.63, 3.8) is 0 Å². The summed E-state index contributed by atoms with van der Waals surface area (Å²) in [7, 11) is 0. The minimum absolute atomic E-state index is 0.296.